The summed E-state index contributed by atoms with van der Waals surface area (Å²) in [6.45, 7) is 8.18. The van der Waals surface area contributed by atoms with Crippen molar-refractivity contribution in [1.82, 2.24) is 19.7 Å². The van der Waals surface area contributed by atoms with Crippen LogP contribution in [-0.4, -0.2) is 59.4 Å². The quantitative estimate of drug-likeness (QED) is 0.812. The van der Waals surface area contributed by atoms with Crippen LogP contribution >= 0.6 is 11.3 Å². The van der Waals surface area contributed by atoms with Crippen molar-refractivity contribution < 1.29 is 4.79 Å². The molecule has 2 aliphatic rings. The second-order valence-corrected chi connectivity index (χ2v) is 9.05. The van der Waals surface area contributed by atoms with Gasteiger partial charge in [0, 0.05) is 51.1 Å². The molecule has 5 nitrogen and oxygen atoms in total. The van der Waals surface area contributed by atoms with E-state index in [9.17, 15) is 4.79 Å². The summed E-state index contributed by atoms with van der Waals surface area (Å²) in [5, 5.41) is 0. The highest BCUT2D eigenvalue weighted by atomic mass is 32.1. The summed E-state index contributed by atoms with van der Waals surface area (Å²) in [6, 6.07) is 8.84. The third-order valence-corrected chi connectivity index (χ3v) is 7.01. The Kier molecular flexibility index (Phi) is 4.95. The molecule has 0 aliphatic carbocycles. The van der Waals surface area contributed by atoms with Gasteiger partial charge in [0.1, 0.15) is 0 Å². The minimum Gasteiger partial charge on any atom is -0.331 e. The number of benzene rings is 1. The maximum absolute atomic E-state index is 12.9. The predicted molar refractivity (Wildman–Crippen MR) is 109 cm³/mol. The highest BCUT2D eigenvalue weighted by Crippen LogP contribution is 2.46. The number of urea groups is 1. The Balaban J connectivity index is 1.60. The van der Waals surface area contributed by atoms with Gasteiger partial charge < -0.3 is 9.80 Å². The Morgan fingerprint density at radius 2 is 2.00 bits per heavy atom. The van der Waals surface area contributed by atoms with Crippen molar-refractivity contribution in [1.29, 1.82) is 0 Å². The number of aryl methyl sites for hydroxylation is 2. The molecule has 6 heteroatoms. The smallest absolute Gasteiger partial charge is 0.320 e. The Labute approximate surface area is 165 Å². The van der Waals surface area contributed by atoms with Gasteiger partial charge in [0.2, 0.25) is 0 Å². The average Bonchev–Trinajstić information content (AvgIpc) is 3.30. The zero-order chi connectivity index (χ0) is 19.1. The van der Waals surface area contributed by atoms with Crippen LogP contribution in [0, 0.1) is 25.7 Å². The van der Waals surface area contributed by atoms with Crippen molar-refractivity contribution in [2.45, 2.75) is 26.4 Å². The van der Waals surface area contributed by atoms with E-state index in [1.807, 2.05) is 19.6 Å². The maximum Gasteiger partial charge on any atom is 0.320 e. The standard InChI is InChI=1S/C21H28N4OS/c1-14-7-5-6-8-17(14)20-18-11-24(12-19-15(2)22-13-27-19)9-16(18)10-25(20)21(26)23(3)4/h5-8,13,16,18,20H,9-12H2,1-4H3/t16-,18-,20+/m1/s1. The van der Waals surface area contributed by atoms with Crippen LogP contribution in [0.15, 0.2) is 29.8 Å². The summed E-state index contributed by atoms with van der Waals surface area (Å²) >= 11 is 1.75. The Morgan fingerprint density at radius 3 is 2.67 bits per heavy atom. The van der Waals surface area contributed by atoms with Gasteiger partial charge in [-0.1, -0.05) is 24.3 Å². The lowest BCUT2D eigenvalue weighted by Crippen LogP contribution is -2.41. The normalized spacial score (nSPS) is 25.0. The molecule has 2 amide bonds. The van der Waals surface area contributed by atoms with Crippen molar-refractivity contribution in [2.24, 2.45) is 11.8 Å². The summed E-state index contributed by atoms with van der Waals surface area (Å²) in [5.41, 5.74) is 5.67. The third-order valence-electron chi connectivity index (χ3n) is 6.09. The van der Waals surface area contributed by atoms with Crippen molar-refractivity contribution >= 4 is 17.4 Å². The number of likely N-dealkylation sites (tertiary alicyclic amines) is 2. The molecule has 3 heterocycles. The van der Waals surface area contributed by atoms with Gasteiger partial charge in [-0.15, -0.1) is 11.3 Å². The summed E-state index contributed by atoms with van der Waals surface area (Å²) < 4.78 is 0. The number of aromatic nitrogens is 1. The van der Waals surface area contributed by atoms with Crippen LogP contribution in [0.25, 0.3) is 0 Å². The first-order valence-corrected chi connectivity index (χ1v) is 10.5. The average molecular weight is 385 g/mol. The van der Waals surface area contributed by atoms with Crippen LogP contribution in [0.5, 0.6) is 0 Å². The molecule has 2 saturated heterocycles. The van der Waals surface area contributed by atoms with E-state index < -0.39 is 0 Å². The van der Waals surface area contributed by atoms with Gasteiger partial charge in [-0.05, 0) is 30.9 Å². The van der Waals surface area contributed by atoms with Crippen molar-refractivity contribution in [2.75, 3.05) is 33.7 Å². The molecule has 4 rings (SSSR count). The van der Waals surface area contributed by atoms with E-state index >= 15 is 0 Å². The Bertz CT molecular complexity index is 833. The highest BCUT2D eigenvalue weighted by Gasteiger charge is 2.49. The van der Waals surface area contributed by atoms with Crippen LogP contribution in [0.1, 0.15) is 27.7 Å². The number of thiazole rings is 1. The number of hydrogen-bond donors (Lipinski definition) is 0. The van der Waals surface area contributed by atoms with E-state index in [-0.39, 0.29) is 12.1 Å². The van der Waals surface area contributed by atoms with Gasteiger partial charge in [0.05, 0.1) is 17.2 Å². The fraction of sp³-hybridized carbons (Fsp3) is 0.524. The number of amides is 2. The largest absolute Gasteiger partial charge is 0.331 e. The molecule has 0 bridgehead atoms. The molecule has 1 aromatic heterocycles. The van der Waals surface area contributed by atoms with E-state index in [1.165, 1.54) is 16.0 Å². The molecular formula is C21H28N4OS. The van der Waals surface area contributed by atoms with Gasteiger partial charge in [0.15, 0.2) is 0 Å². The van der Waals surface area contributed by atoms with Crippen LogP contribution in [-0.2, 0) is 6.54 Å². The Hall–Kier alpha value is -1.92. The zero-order valence-electron chi connectivity index (χ0n) is 16.6. The van der Waals surface area contributed by atoms with Crippen molar-refractivity contribution in [3.05, 3.63) is 51.5 Å². The number of fused-ring (bicyclic) bond motifs is 1. The molecule has 27 heavy (non-hydrogen) atoms. The topological polar surface area (TPSA) is 39.7 Å². The lowest BCUT2D eigenvalue weighted by molar-refractivity contribution is 0.151. The number of carbonyl (C=O) groups excluding carboxylic acids is 1. The van der Waals surface area contributed by atoms with E-state index in [0.29, 0.717) is 11.8 Å². The zero-order valence-corrected chi connectivity index (χ0v) is 17.4. The van der Waals surface area contributed by atoms with E-state index in [2.05, 4.69) is 52.9 Å². The first kappa shape index (κ1) is 18.4. The summed E-state index contributed by atoms with van der Waals surface area (Å²) in [7, 11) is 3.70. The molecule has 0 N–H and O–H groups in total. The van der Waals surface area contributed by atoms with Gasteiger partial charge in [-0.3, -0.25) is 4.90 Å². The summed E-state index contributed by atoms with van der Waals surface area (Å²) in [5.74, 6) is 1.02. The van der Waals surface area contributed by atoms with E-state index in [4.69, 9.17) is 0 Å². The van der Waals surface area contributed by atoms with Gasteiger partial charge in [-0.2, -0.15) is 0 Å². The number of carbonyl (C=O) groups is 1. The molecule has 2 aliphatic heterocycles. The number of nitrogens with zero attached hydrogens (tertiary/aromatic N) is 4. The Morgan fingerprint density at radius 1 is 1.22 bits per heavy atom. The molecule has 3 atom stereocenters. The monoisotopic (exact) mass is 384 g/mol. The lowest BCUT2D eigenvalue weighted by Gasteiger charge is -2.32. The molecule has 0 saturated carbocycles. The molecule has 2 aromatic rings. The minimum atomic E-state index is 0.127. The molecular weight excluding hydrogens is 356 g/mol. The van der Waals surface area contributed by atoms with Gasteiger partial charge in [0.25, 0.3) is 0 Å². The molecule has 2 fully saturated rings. The summed E-state index contributed by atoms with van der Waals surface area (Å²) in [6.07, 6.45) is 0. The van der Waals surface area contributed by atoms with Crippen molar-refractivity contribution in [3.63, 3.8) is 0 Å². The van der Waals surface area contributed by atoms with Crippen LogP contribution in [0.2, 0.25) is 0 Å². The third kappa shape index (κ3) is 3.36. The molecule has 144 valence electrons. The van der Waals surface area contributed by atoms with Crippen LogP contribution < -0.4 is 0 Å². The SMILES string of the molecule is Cc1ccccc1[C@H]1[C@@H]2CN(Cc3scnc3C)C[C@@H]2CN1C(=O)N(C)C. The van der Waals surface area contributed by atoms with Gasteiger partial charge in [-0.25, -0.2) is 9.78 Å². The second kappa shape index (κ2) is 7.24. The molecule has 1 aromatic carbocycles. The summed E-state index contributed by atoms with van der Waals surface area (Å²) in [4.78, 5) is 25.0. The highest BCUT2D eigenvalue weighted by molar-refractivity contribution is 7.09. The number of rotatable bonds is 3. The maximum atomic E-state index is 12.9. The van der Waals surface area contributed by atoms with Crippen molar-refractivity contribution in [3.8, 4) is 0 Å². The molecule has 0 spiro atoms. The minimum absolute atomic E-state index is 0.127. The van der Waals surface area contributed by atoms with E-state index in [1.54, 1.807) is 16.2 Å². The lowest BCUT2D eigenvalue weighted by atomic mass is 9.88. The predicted octanol–water partition coefficient (Wildman–Crippen LogP) is 3.55. The first-order chi connectivity index (χ1) is 13.0. The first-order valence-electron chi connectivity index (χ1n) is 9.60. The van der Waals surface area contributed by atoms with E-state index in [0.717, 1.165) is 31.9 Å². The fourth-order valence-corrected chi connectivity index (χ4v) is 5.54. The molecule has 0 unspecified atom stereocenters. The fourth-order valence-electron chi connectivity index (χ4n) is 4.72. The second-order valence-electron chi connectivity index (χ2n) is 8.11. The van der Waals surface area contributed by atoms with Crippen LogP contribution in [0.4, 0.5) is 4.79 Å². The van der Waals surface area contributed by atoms with Crippen LogP contribution in [0.3, 0.4) is 0 Å². The number of hydrogen-bond acceptors (Lipinski definition) is 4. The van der Waals surface area contributed by atoms with Gasteiger partial charge >= 0.3 is 6.03 Å². The molecule has 0 radical (unpaired) electrons.